The molecule has 3 heterocycles. The van der Waals surface area contributed by atoms with Crippen molar-refractivity contribution in [1.29, 1.82) is 0 Å². The van der Waals surface area contributed by atoms with Crippen LogP contribution in [0.1, 0.15) is 0 Å². The molecule has 3 aromatic heterocycles. The minimum Gasteiger partial charge on any atom is -0.245 e. The Balaban J connectivity index is 0.925. The fourth-order valence-corrected chi connectivity index (χ4v) is 8.06. The van der Waals surface area contributed by atoms with Crippen molar-refractivity contribution in [2.24, 2.45) is 0 Å². The molecule has 0 atom stereocenters. The van der Waals surface area contributed by atoms with Crippen molar-refractivity contribution in [3.63, 3.8) is 0 Å². The zero-order valence-corrected chi connectivity index (χ0v) is 32.6. The summed E-state index contributed by atoms with van der Waals surface area (Å²) in [5.41, 5.74) is 15.3. The third-order valence-electron chi connectivity index (χ3n) is 11.3. The molecule has 0 aliphatic heterocycles. The summed E-state index contributed by atoms with van der Waals surface area (Å²) in [6.07, 6.45) is 0. The van der Waals surface area contributed by atoms with Gasteiger partial charge in [-0.05, 0) is 69.4 Å². The first-order chi connectivity index (χ1) is 29.7. The first-order valence-electron chi connectivity index (χ1n) is 20.2. The van der Waals surface area contributed by atoms with Crippen LogP contribution < -0.4 is 0 Å². The van der Waals surface area contributed by atoms with Gasteiger partial charge in [0, 0.05) is 38.6 Å². The number of fused-ring (bicyclic) bond motifs is 4. The molecular formula is C56H36N4. The minimum absolute atomic E-state index is 0.702. The van der Waals surface area contributed by atoms with Gasteiger partial charge in [0.15, 0.2) is 5.82 Å². The lowest BCUT2D eigenvalue weighted by atomic mass is 9.97. The van der Waals surface area contributed by atoms with Gasteiger partial charge in [-0.1, -0.05) is 182 Å². The standard InChI is InChI=1S/C56H36N4/c1-4-11-37(12-5-1)38-19-21-40(22-20-38)52-36-53(60-56(59-52)43-15-8-3-9-16-43)49-28-27-46-33-45(25-26-47(46)35-49)44-17-10-18-48(34-44)51-32-30-42-24-23-41-29-31-50(39-13-6-2-7-14-39)57-54(41)55(42)58-51/h1-36H. The Kier molecular flexibility index (Phi) is 8.79. The van der Waals surface area contributed by atoms with Crippen LogP contribution >= 0.6 is 0 Å². The van der Waals surface area contributed by atoms with Crippen LogP contribution in [0, 0.1) is 0 Å². The van der Waals surface area contributed by atoms with Crippen LogP contribution in [0.2, 0.25) is 0 Å². The van der Waals surface area contributed by atoms with Gasteiger partial charge in [0.1, 0.15) is 0 Å². The lowest BCUT2D eigenvalue weighted by Crippen LogP contribution is -1.96. The molecule has 4 nitrogen and oxygen atoms in total. The second-order valence-corrected chi connectivity index (χ2v) is 15.1. The van der Waals surface area contributed by atoms with Gasteiger partial charge in [-0.3, -0.25) is 0 Å². The Morgan fingerprint density at radius 3 is 1.23 bits per heavy atom. The Morgan fingerprint density at radius 2 is 0.583 bits per heavy atom. The second kappa shape index (κ2) is 15.0. The number of aromatic nitrogens is 4. The zero-order chi connectivity index (χ0) is 39.8. The third kappa shape index (κ3) is 6.76. The van der Waals surface area contributed by atoms with Crippen molar-refractivity contribution in [2.75, 3.05) is 0 Å². The summed E-state index contributed by atoms with van der Waals surface area (Å²) in [5.74, 6) is 0.702. The van der Waals surface area contributed by atoms with E-state index < -0.39 is 0 Å². The predicted octanol–water partition coefficient (Wildman–Crippen LogP) is 14.4. The quantitative estimate of drug-likeness (QED) is 0.152. The summed E-state index contributed by atoms with van der Waals surface area (Å²) in [4.78, 5) is 20.5. The number of pyridine rings is 2. The molecule has 0 radical (unpaired) electrons. The lowest BCUT2D eigenvalue weighted by molar-refractivity contribution is 1.18. The molecule has 0 spiro atoms. The zero-order valence-electron chi connectivity index (χ0n) is 32.6. The van der Waals surface area contributed by atoms with Crippen molar-refractivity contribution in [3.8, 4) is 78.7 Å². The molecule has 0 saturated heterocycles. The molecule has 0 unspecified atom stereocenters. The van der Waals surface area contributed by atoms with Crippen molar-refractivity contribution >= 4 is 32.6 Å². The summed E-state index contributed by atoms with van der Waals surface area (Å²) in [5, 5.41) is 4.45. The summed E-state index contributed by atoms with van der Waals surface area (Å²) in [6, 6.07) is 76.4. The smallest absolute Gasteiger partial charge is 0.160 e. The second-order valence-electron chi connectivity index (χ2n) is 15.1. The first kappa shape index (κ1) is 35.1. The van der Waals surface area contributed by atoms with Gasteiger partial charge >= 0.3 is 0 Å². The van der Waals surface area contributed by atoms with Gasteiger partial charge in [0.2, 0.25) is 0 Å². The summed E-state index contributed by atoms with van der Waals surface area (Å²) >= 11 is 0. The molecule has 4 heteroatoms. The molecule has 0 N–H and O–H groups in total. The van der Waals surface area contributed by atoms with Crippen molar-refractivity contribution in [1.82, 2.24) is 19.9 Å². The minimum atomic E-state index is 0.702. The van der Waals surface area contributed by atoms with Crippen molar-refractivity contribution in [3.05, 3.63) is 218 Å². The fraction of sp³-hybridized carbons (Fsp3) is 0. The van der Waals surface area contributed by atoms with Crippen LogP contribution in [0.5, 0.6) is 0 Å². The fourth-order valence-electron chi connectivity index (χ4n) is 8.06. The van der Waals surface area contributed by atoms with Gasteiger partial charge < -0.3 is 0 Å². The van der Waals surface area contributed by atoms with E-state index in [4.69, 9.17) is 19.9 Å². The number of nitrogens with zero attached hydrogens (tertiary/aromatic N) is 4. The predicted molar refractivity (Wildman–Crippen MR) is 248 cm³/mol. The van der Waals surface area contributed by atoms with Gasteiger partial charge in [-0.2, -0.15) is 0 Å². The molecule has 0 bridgehead atoms. The Bertz CT molecular complexity index is 3350. The molecule has 60 heavy (non-hydrogen) atoms. The highest BCUT2D eigenvalue weighted by molar-refractivity contribution is 6.04. The van der Waals surface area contributed by atoms with Gasteiger partial charge in [-0.25, -0.2) is 19.9 Å². The molecule has 0 saturated carbocycles. The van der Waals surface area contributed by atoms with Crippen LogP contribution in [-0.2, 0) is 0 Å². The van der Waals surface area contributed by atoms with Crippen molar-refractivity contribution in [2.45, 2.75) is 0 Å². The third-order valence-corrected chi connectivity index (χ3v) is 11.3. The van der Waals surface area contributed by atoms with E-state index in [0.29, 0.717) is 5.82 Å². The molecule has 0 aliphatic rings. The average Bonchev–Trinajstić information content (AvgIpc) is 3.34. The van der Waals surface area contributed by atoms with E-state index in [0.717, 1.165) is 94.3 Å². The van der Waals surface area contributed by atoms with E-state index >= 15 is 0 Å². The highest BCUT2D eigenvalue weighted by Gasteiger charge is 2.13. The van der Waals surface area contributed by atoms with Crippen LogP contribution in [0.3, 0.4) is 0 Å². The van der Waals surface area contributed by atoms with E-state index in [1.165, 1.54) is 11.1 Å². The van der Waals surface area contributed by atoms with Gasteiger partial charge in [-0.15, -0.1) is 0 Å². The van der Waals surface area contributed by atoms with Gasteiger partial charge in [0.25, 0.3) is 0 Å². The largest absolute Gasteiger partial charge is 0.245 e. The number of benzene rings is 8. The topological polar surface area (TPSA) is 51.6 Å². The van der Waals surface area contributed by atoms with Crippen LogP contribution in [-0.4, -0.2) is 19.9 Å². The first-order valence-corrected chi connectivity index (χ1v) is 20.2. The highest BCUT2D eigenvalue weighted by atomic mass is 14.9. The number of hydrogen-bond donors (Lipinski definition) is 0. The van der Waals surface area contributed by atoms with Crippen LogP contribution in [0.15, 0.2) is 218 Å². The average molecular weight is 765 g/mol. The summed E-state index contributed by atoms with van der Waals surface area (Å²) in [7, 11) is 0. The van der Waals surface area contributed by atoms with Crippen LogP contribution in [0.25, 0.3) is 111 Å². The Labute approximate surface area is 348 Å². The number of hydrogen-bond acceptors (Lipinski definition) is 4. The monoisotopic (exact) mass is 764 g/mol. The van der Waals surface area contributed by atoms with E-state index in [2.05, 4.69) is 176 Å². The SMILES string of the molecule is c1ccc(-c2ccc(-c3cc(-c4ccc5cc(-c6cccc(-c7ccc8ccc9ccc(-c%10ccccc%10)nc9c8n7)c6)ccc5c4)nc(-c4ccccc4)n3)cc2)cc1. The van der Waals surface area contributed by atoms with Crippen LogP contribution in [0.4, 0.5) is 0 Å². The molecule has 11 rings (SSSR count). The molecule has 11 aromatic rings. The molecule has 0 fully saturated rings. The maximum atomic E-state index is 5.23. The summed E-state index contributed by atoms with van der Waals surface area (Å²) in [6.45, 7) is 0. The van der Waals surface area contributed by atoms with E-state index in [1.807, 2.05) is 42.5 Å². The molecular weight excluding hydrogens is 729 g/mol. The normalized spacial score (nSPS) is 11.3. The van der Waals surface area contributed by atoms with E-state index in [-0.39, 0.29) is 0 Å². The maximum Gasteiger partial charge on any atom is 0.160 e. The maximum absolute atomic E-state index is 5.23. The van der Waals surface area contributed by atoms with E-state index in [1.54, 1.807) is 0 Å². The Hall–Kier alpha value is -8.08. The van der Waals surface area contributed by atoms with Gasteiger partial charge in [0.05, 0.1) is 33.8 Å². The number of rotatable bonds is 7. The Morgan fingerprint density at radius 1 is 0.200 bits per heavy atom. The molecule has 8 aromatic carbocycles. The lowest BCUT2D eigenvalue weighted by Gasteiger charge is -2.11. The molecule has 0 amide bonds. The van der Waals surface area contributed by atoms with Crippen molar-refractivity contribution < 1.29 is 0 Å². The van der Waals surface area contributed by atoms with E-state index in [9.17, 15) is 0 Å². The summed E-state index contributed by atoms with van der Waals surface area (Å²) < 4.78 is 0. The molecule has 0 aliphatic carbocycles. The highest BCUT2D eigenvalue weighted by Crippen LogP contribution is 2.34. The molecule has 280 valence electrons.